The van der Waals surface area contributed by atoms with E-state index in [1.807, 2.05) is 0 Å². The topological polar surface area (TPSA) is 41.1 Å². The highest BCUT2D eigenvalue weighted by Crippen LogP contribution is 2.59. The van der Waals surface area contributed by atoms with Crippen molar-refractivity contribution >= 4 is 18.3 Å². The predicted molar refractivity (Wildman–Crippen MR) is 94.7 cm³/mol. The van der Waals surface area contributed by atoms with Gasteiger partial charge in [-0.2, -0.15) is 0 Å². The number of hydrogen-bond acceptors (Lipinski definition) is 2. The van der Waals surface area contributed by atoms with E-state index in [1.165, 1.54) is 36.8 Å². The predicted octanol–water partition coefficient (Wildman–Crippen LogP) is 3.37. The second-order valence-electron chi connectivity index (χ2n) is 7.60. The minimum Gasteiger partial charge on any atom is -0.349 e. The van der Waals surface area contributed by atoms with Crippen LogP contribution in [-0.4, -0.2) is 19.0 Å². The van der Waals surface area contributed by atoms with Gasteiger partial charge in [0.1, 0.15) is 0 Å². The lowest BCUT2D eigenvalue weighted by Gasteiger charge is -2.24. The summed E-state index contributed by atoms with van der Waals surface area (Å²) in [6.07, 6.45) is 5.94. The van der Waals surface area contributed by atoms with E-state index in [-0.39, 0.29) is 24.4 Å². The SMILES string of the molecule is Cc1ccc(C(NC(=O)C2CC23CCNCC3)C2CC2)cc1.Cl. The van der Waals surface area contributed by atoms with Crippen LogP contribution < -0.4 is 10.6 Å². The molecule has 3 aliphatic rings. The fourth-order valence-electron chi connectivity index (χ4n) is 4.13. The molecule has 1 aromatic rings. The van der Waals surface area contributed by atoms with Crippen molar-refractivity contribution in [3.63, 3.8) is 0 Å². The second-order valence-corrected chi connectivity index (χ2v) is 7.60. The van der Waals surface area contributed by atoms with Gasteiger partial charge in [-0.1, -0.05) is 29.8 Å². The van der Waals surface area contributed by atoms with Gasteiger partial charge >= 0.3 is 0 Å². The first-order valence-corrected chi connectivity index (χ1v) is 8.76. The molecule has 23 heavy (non-hydrogen) atoms. The third-order valence-corrected chi connectivity index (χ3v) is 5.93. The van der Waals surface area contributed by atoms with Gasteiger partial charge in [0.15, 0.2) is 0 Å². The van der Waals surface area contributed by atoms with Gasteiger partial charge in [-0.15, -0.1) is 12.4 Å². The Morgan fingerprint density at radius 2 is 1.87 bits per heavy atom. The van der Waals surface area contributed by atoms with E-state index in [2.05, 4.69) is 41.8 Å². The number of nitrogens with one attached hydrogen (secondary N) is 2. The van der Waals surface area contributed by atoms with E-state index >= 15 is 0 Å². The van der Waals surface area contributed by atoms with Crippen LogP contribution in [0.1, 0.15) is 49.3 Å². The highest BCUT2D eigenvalue weighted by Gasteiger charge is 2.58. The van der Waals surface area contributed by atoms with Gasteiger partial charge in [-0.3, -0.25) is 4.79 Å². The fraction of sp³-hybridized carbons (Fsp3) is 0.632. The summed E-state index contributed by atoms with van der Waals surface area (Å²) in [7, 11) is 0. The molecule has 2 unspecified atom stereocenters. The summed E-state index contributed by atoms with van der Waals surface area (Å²) in [5.41, 5.74) is 2.89. The lowest BCUT2D eigenvalue weighted by molar-refractivity contribution is -0.124. The Morgan fingerprint density at radius 1 is 1.22 bits per heavy atom. The van der Waals surface area contributed by atoms with Crippen molar-refractivity contribution in [3.05, 3.63) is 35.4 Å². The summed E-state index contributed by atoms with van der Waals surface area (Å²) in [6.45, 7) is 4.27. The van der Waals surface area contributed by atoms with Gasteiger partial charge in [-0.25, -0.2) is 0 Å². The number of rotatable bonds is 4. The number of carbonyl (C=O) groups excluding carboxylic acids is 1. The van der Waals surface area contributed by atoms with Crippen LogP contribution in [0.4, 0.5) is 0 Å². The van der Waals surface area contributed by atoms with Gasteiger partial charge in [0, 0.05) is 5.92 Å². The lowest BCUT2D eigenvalue weighted by atomic mass is 9.91. The van der Waals surface area contributed by atoms with Crippen LogP contribution in [0.2, 0.25) is 0 Å². The molecule has 4 heteroatoms. The fourth-order valence-corrected chi connectivity index (χ4v) is 4.13. The van der Waals surface area contributed by atoms with Crippen molar-refractivity contribution in [3.8, 4) is 0 Å². The zero-order valence-electron chi connectivity index (χ0n) is 13.8. The molecule has 0 aromatic heterocycles. The molecule has 1 spiro atoms. The normalized spacial score (nSPS) is 26.2. The van der Waals surface area contributed by atoms with Crippen LogP contribution in [0.15, 0.2) is 24.3 Å². The average Bonchev–Trinajstić information content (AvgIpc) is 3.44. The number of benzene rings is 1. The number of aryl methyl sites for hydroxylation is 1. The maximum atomic E-state index is 12.7. The summed E-state index contributed by atoms with van der Waals surface area (Å²) in [5.74, 6) is 1.22. The summed E-state index contributed by atoms with van der Waals surface area (Å²) in [4.78, 5) is 12.7. The van der Waals surface area contributed by atoms with Crippen LogP contribution in [0.25, 0.3) is 0 Å². The number of hydrogen-bond donors (Lipinski definition) is 2. The van der Waals surface area contributed by atoms with Gasteiger partial charge in [0.05, 0.1) is 6.04 Å². The molecule has 2 atom stereocenters. The molecule has 2 aliphatic carbocycles. The Bertz CT molecular complexity index is 561. The molecular formula is C19H27ClN2O. The van der Waals surface area contributed by atoms with Crippen LogP contribution in [0, 0.1) is 24.2 Å². The maximum absolute atomic E-state index is 12.7. The van der Waals surface area contributed by atoms with Crippen LogP contribution in [0.5, 0.6) is 0 Å². The molecule has 3 nitrogen and oxygen atoms in total. The lowest BCUT2D eigenvalue weighted by Crippen LogP contribution is -2.35. The van der Waals surface area contributed by atoms with Crippen LogP contribution in [0.3, 0.4) is 0 Å². The molecular weight excluding hydrogens is 308 g/mol. The largest absolute Gasteiger partial charge is 0.349 e. The first kappa shape index (κ1) is 16.8. The number of piperidine rings is 1. The van der Waals surface area contributed by atoms with E-state index in [0.29, 0.717) is 17.2 Å². The zero-order valence-corrected chi connectivity index (χ0v) is 14.6. The molecule has 1 aromatic carbocycles. The van der Waals surface area contributed by atoms with Gasteiger partial charge < -0.3 is 10.6 Å². The minimum absolute atomic E-state index is 0. The van der Waals surface area contributed by atoms with Crippen LogP contribution in [-0.2, 0) is 4.79 Å². The van der Waals surface area contributed by atoms with Crippen molar-refractivity contribution in [2.24, 2.45) is 17.3 Å². The molecule has 1 heterocycles. The van der Waals surface area contributed by atoms with E-state index in [0.717, 1.165) is 19.5 Å². The van der Waals surface area contributed by atoms with Crippen LogP contribution >= 0.6 is 12.4 Å². The Labute approximate surface area is 145 Å². The van der Waals surface area contributed by atoms with Gasteiger partial charge in [0.2, 0.25) is 5.91 Å². The van der Waals surface area contributed by atoms with Crippen molar-refractivity contribution in [1.82, 2.24) is 10.6 Å². The molecule has 1 aliphatic heterocycles. The van der Waals surface area contributed by atoms with E-state index in [9.17, 15) is 4.79 Å². The monoisotopic (exact) mass is 334 g/mol. The van der Waals surface area contributed by atoms with Crippen molar-refractivity contribution in [2.75, 3.05) is 13.1 Å². The third kappa shape index (κ3) is 3.41. The van der Waals surface area contributed by atoms with Crippen molar-refractivity contribution in [2.45, 2.75) is 45.1 Å². The Balaban J connectivity index is 0.00000156. The van der Waals surface area contributed by atoms with Gasteiger partial charge in [-0.05, 0) is 69.0 Å². The summed E-state index contributed by atoms with van der Waals surface area (Å²) in [5, 5.41) is 6.80. The standard InChI is InChI=1S/C19H26N2O.ClH/c1-13-2-4-14(5-3-13)17(15-6-7-15)21-18(22)16-12-19(16)8-10-20-11-9-19;/h2-5,15-17,20H,6-12H2,1H3,(H,21,22);1H. The van der Waals surface area contributed by atoms with Crippen molar-refractivity contribution in [1.29, 1.82) is 0 Å². The first-order chi connectivity index (χ1) is 10.7. The minimum atomic E-state index is 0. The third-order valence-electron chi connectivity index (χ3n) is 5.93. The maximum Gasteiger partial charge on any atom is 0.224 e. The number of amides is 1. The average molecular weight is 335 g/mol. The van der Waals surface area contributed by atoms with E-state index in [1.54, 1.807) is 0 Å². The summed E-state index contributed by atoms with van der Waals surface area (Å²) < 4.78 is 0. The summed E-state index contributed by atoms with van der Waals surface area (Å²) >= 11 is 0. The Kier molecular flexibility index (Phi) is 4.70. The molecule has 126 valence electrons. The smallest absolute Gasteiger partial charge is 0.224 e. The Hall–Kier alpha value is -1.06. The Morgan fingerprint density at radius 3 is 2.48 bits per heavy atom. The zero-order chi connectivity index (χ0) is 15.2. The molecule has 2 saturated carbocycles. The number of halogens is 1. The molecule has 4 rings (SSSR count). The van der Waals surface area contributed by atoms with Gasteiger partial charge in [0.25, 0.3) is 0 Å². The molecule has 1 amide bonds. The molecule has 3 fully saturated rings. The van der Waals surface area contributed by atoms with E-state index in [4.69, 9.17) is 0 Å². The van der Waals surface area contributed by atoms with E-state index < -0.39 is 0 Å². The quantitative estimate of drug-likeness (QED) is 0.886. The molecule has 2 N–H and O–H groups in total. The first-order valence-electron chi connectivity index (χ1n) is 8.76. The molecule has 0 bridgehead atoms. The molecule has 1 saturated heterocycles. The van der Waals surface area contributed by atoms with Crippen molar-refractivity contribution < 1.29 is 4.79 Å². The summed E-state index contributed by atoms with van der Waals surface area (Å²) in [6, 6.07) is 8.91. The number of carbonyl (C=O) groups is 1. The highest BCUT2D eigenvalue weighted by molar-refractivity contribution is 5.85. The second kappa shape index (κ2) is 6.45. The molecule has 0 radical (unpaired) electrons. The highest BCUT2D eigenvalue weighted by atomic mass is 35.5.